The molecule has 0 aliphatic carbocycles. The third-order valence-corrected chi connectivity index (χ3v) is 3.79. The highest BCUT2D eigenvalue weighted by atomic mass is 32.2. The van der Waals surface area contributed by atoms with Crippen LogP contribution in [-0.2, 0) is 22.0 Å². The number of primary sulfonamides is 1. The van der Waals surface area contributed by atoms with Crippen molar-refractivity contribution in [2.24, 2.45) is 5.14 Å². The summed E-state index contributed by atoms with van der Waals surface area (Å²) in [6, 6.07) is 5.43. The monoisotopic (exact) mass is 296 g/mol. The van der Waals surface area contributed by atoms with Gasteiger partial charge in [-0.05, 0) is 18.2 Å². The predicted molar refractivity (Wildman–Crippen MR) is 80.8 cm³/mol. The fourth-order valence-electron chi connectivity index (χ4n) is 2.16. The third-order valence-electron chi connectivity index (χ3n) is 3.04. The Morgan fingerprint density at radius 1 is 1.30 bits per heavy atom. The summed E-state index contributed by atoms with van der Waals surface area (Å²) < 4.78 is 24.3. The van der Waals surface area contributed by atoms with Crippen LogP contribution in [0.2, 0.25) is 0 Å². The highest BCUT2D eigenvalue weighted by molar-refractivity contribution is 7.89. The molecule has 0 amide bonds. The summed E-state index contributed by atoms with van der Waals surface area (Å²) in [4.78, 5) is 4.59. The molecule has 0 atom stereocenters. The molecule has 0 unspecified atom stereocenters. The molecule has 1 aromatic carbocycles. The van der Waals surface area contributed by atoms with Gasteiger partial charge >= 0.3 is 0 Å². The van der Waals surface area contributed by atoms with Gasteiger partial charge in [0.15, 0.2) is 0 Å². The lowest BCUT2D eigenvalue weighted by molar-refractivity contribution is 0.509. The Bertz CT molecular complexity index is 742. The molecule has 0 saturated carbocycles. The molecular weight excluding hydrogens is 276 g/mol. The van der Waals surface area contributed by atoms with Gasteiger partial charge < -0.3 is 10.3 Å². The number of nitrogens with two attached hydrogens (primary N) is 2. The number of hydrogen-bond donors (Lipinski definition) is 2. The maximum Gasteiger partial charge on any atom is 0.210 e. The number of anilines is 1. The van der Waals surface area contributed by atoms with Crippen LogP contribution >= 0.6 is 0 Å². The molecule has 2 rings (SSSR count). The first kappa shape index (κ1) is 14.8. The van der Waals surface area contributed by atoms with E-state index in [1.54, 1.807) is 12.1 Å². The number of imidazole rings is 1. The molecule has 0 aliphatic heterocycles. The number of benzene rings is 1. The molecule has 20 heavy (non-hydrogen) atoms. The second-order valence-electron chi connectivity index (χ2n) is 5.95. The Morgan fingerprint density at radius 3 is 2.50 bits per heavy atom. The molecule has 2 aromatic rings. The van der Waals surface area contributed by atoms with Crippen LogP contribution in [0.4, 0.5) is 5.69 Å². The average molecular weight is 296 g/mol. The van der Waals surface area contributed by atoms with E-state index in [1.807, 2.05) is 31.4 Å². The van der Waals surface area contributed by atoms with Gasteiger partial charge in [-0.25, -0.2) is 18.5 Å². The molecule has 0 radical (unpaired) electrons. The van der Waals surface area contributed by atoms with E-state index in [-0.39, 0.29) is 17.7 Å². The highest BCUT2D eigenvalue weighted by Gasteiger charge is 2.23. The van der Waals surface area contributed by atoms with Gasteiger partial charge in [0.2, 0.25) is 10.0 Å². The van der Waals surface area contributed by atoms with Gasteiger partial charge in [0, 0.05) is 17.6 Å². The van der Waals surface area contributed by atoms with E-state index in [0.717, 1.165) is 16.9 Å². The fourth-order valence-corrected chi connectivity index (χ4v) is 2.60. The van der Waals surface area contributed by atoms with Crippen molar-refractivity contribution in [3.05, 3.63) is 24.0 Å². The Kier molecular flexibility index (Phi) is 3.51. The number of rotatable bonds is 3. The van der Waals surface area contributed by atoms with Crippen molar-refractivity contribution < 1.29 is 8.42 Å². The van der Waals surface area contributed by atoms with Crippen LogP contribution in [-0.4, -0.2) is 23.7 Å². The van der Waals surface area contributed by atoms with Crippen molar-refractivity contribution in [1.82, 2.24) is 9.55 Å². The van der Waals surface area contributed by atoms with Gasteiger partial charge in [-0.2, -0.15) is 0 Å². The number of fused-ring (bicyclic) bond motifs is 1. The molecule has 4 N–H and O–H groups in total. The molecule has 110 valence electrons. The molecule has 0 aliphatic rings. The number of aromatic nitrogens is 2. The van der Waals surface area contributed by atoms with Crippen LogP contribution in [0.3, 0.4) is 0 Å². The van der Waals surface area contributed by atoms with E-state index in [1.165, 1.54) is 0 Å². The Balaban J connectivity index is 2.59. The molecule has 0 bridgehead atoms. The summed E-state index contributed by atoms with van der Waals surface area (Å²) in [7, 11) is -3.51. The van der Waals surface area contributed by atoms with Crippen LogP contribution in [0.15, 0.2) is 18.2 Å². The zero-order valence-corrected chi connectivity index (χ0v) is 12.7. The minimum Gasteiger partial charge on any atom is -0.399 e. The Hall–Kier alpha value is -1.60. The number of hydrogen-bond acceptors (Lipinski definition) is 4. The Morgan fingerprint density at radius 2 is 1.95 bits per heavy atom. The van der Waals surface area contributed by atoms with Crippen LogP contribution in [0, 0.1) is 0 Å². The van der Waals surface area contributed by atoms with Crippen molar-refractivity contribution in [3.63, 3.8) is 0 Å². The molecule has 1 heterocycles. The van der Waals surface area contributed by atoms with Gasteiger partial charge in [-0.3, -0.25) is 0 Å². The molecule has 1 aromatic heterocycles. The van der Waals surface area contributed by atoms with Crippen molar-refractivity contribution in [3.8, 4) is 0 Å². The highest BCUT2D eigenvalue weighted by Crippen LogP contribution is 2.27. The maximum atomic E-state index is 11.2. The number of nitrogens with zero attached hydrogens (tertiary/aromatic N) is 2. The van der Waals surface area contributed by atoms with Gasteiger partial charge in [0.25, 0.3) is 0 Å². The second kappa shape index (κ2) is 4.75. The van der Waals surface area contributed by atoms with Gasteiger partial charge in [-0.1, -0.05) is 20.8 Å². The molecule has 0 fully saturated rings. The van der Waals surface area contributed by atoms with E-state index in [0.29, 0.717) is 5.69 Å². The quantitative estimate of drug-likeness (QED) is 0.830. The van der Waals surface area contributed by atoms with Crippen LogP contribution in [0.1, 0.15) is 26.6 Å². The first-order chi connectivity index (χ1) is 9.08. The van der Waals surface area contributed by atoms with Crippen molar-refractivity contribution in [1.29, 1.82) is 0 Å². The predicted octanol–water partition coefficient (Wildman–Crippen LogP) is 1.20. The summed E-state index contributed by atoms with van der Waals surface area (Å²) in [5.41, 5.74) is 7.84. The van der Waals surface area contributed by atoms with Crippen LogP contribution in [0.5, 0.6) is 0 Å². The summed E-state index contributed by atoms with van der Waals surface area (Å²) in [5.74, 6) is 0.702. The van der Waals surface area contributed by atoms with Gasteiger partial charge in [-0.15, -0.1) is 0 Å². The smallest absolute Gasteiger partial charge is 0.210 e. The third kappa shape index (κ3) is 3.10. The molecule has 7 heteroatoms. The summed E-state index contributed by atoms with van der Waals surface area (Å²) in [6.07, 6.45) is 0. The van der Waals surface area contributed by atoms with E-state index in [4.69, 9.17) is 10.9 Å². The lowest BCUT2D eigenvalue weighted by Crippen LogP contribution is -2.24. The van der Waals surface area contributed by atoms with Crippen molar-refractivity contribution in [2.45, 2.75) is 32.7 Å². The van der Waals surface area contributed by atoms with Crippen molar-refractivity contribution >= 4 is 26.7 Å². The largest absolute Gasteiger partial charge is 0.399 e. The van der Waals surface area contributed by atoms with Gasteiger partial charge in [0.05, 0.1) is 16.8 Å². The molecule has 0 spiro atoms. The van der Waals surface area contributed by atoms with Crippen molar-refractivity contribution in [2.75, 3.05) is 11.5 Å². The van der Waals surface area contributed by atoms with Crippen LogP contribution < -0.4 is 10.9 Å². The van der Waals surface area contributed by atoms with Crippen LogP contribution in [0.25, 0.3) is 11.0 Å². The summed E-state index contributed by atoms with van der Waals surface area (Å²) in [6.45, 7) is 6.38. The first-order valence-corrected chi connectivity index (χ1v) is 8.06. The average Bonchev–Trinajstić information content (AvgIpc) is 2.62. The topological polar surface area (TPSA) is 104 Å². The minimum atomic E-state index is -3.51. The minimum absolute atomic E-state index is 0.119. The molecular formula is C13H20N4O2S. The lowest BCUT2D eigenvalue weighted by atomic mass is 9.96. The van der Waals surface area contributed by atoms with E-state index < -0.39 is 10.0 Å². The number of nitrogen functional groups attached to an aromatic ring is 1. The zero-order chi connectivity index (χ0) is 15.1. The standard InChI is InChI=1S/C13H20N4O2S/c1-13(2,3)12-16-10-8-9(14)4-5-11(10)17(12)6-7-20(15,18)19/h4-5,8H,6-7,14H2,1-3H3,(H2,15,18,19). The first-order valence-electron chi connectivity index (χ1n) is 6.35. The SMILES string of the molecule is CC(C)(C)c1nc2cc(N)ccc2n1CCS(N)(=O)=O. The normalized spacial score (nSPS) is 13.0. The molecule has 6 nitrogen and oxygen atoms in total. The second-order valence-corrected chi connectivity index (χ2v) is 7.69. The Labute approximate surface area is 118 Å². The number of sulfonamides is 1. The fraction of sp³-hybridized carbons (Fsp3) is 0.462. The lowest BCUT2D eigenvalue weighted by Gasteiger charge is -2.20. The van der Waals surface area contributed by atoms with E-state index in [9.17, 15) is 8.42 Å². The van der Waals surface area contributed by atoms with E-state index >= 15 is 0 Å². The summed E-state index contributed by atoms with van der Waals surface area (Å²) in [5, 5.41) is 5.10. The van der Waals surface area contributed by atoms with Gasteiger partial charge in [0.1, 0.15) is 5.82 Å². The number of aryl methyl sites for hydroxylation is 1. The maximum absolute atomic E-state index is 11.2. The van der Waals surface area contributed by atoms with E-state index in [2.05, 4.69) is 4.98 Å². The molecule has 0 saturated heterocycles. The zero-order valence-electron chi connectivity index (χ0n) is 11.9. The summed E-state index contributed by atoms with van der Waals surface area (Å²) >= 11 is 0.